The Labute approximate surface area is 123 Å². The van der Waals surface area contributed by atoms with Gasteiger partial charge in [-0.2, -0.15) is 0 Å². The maximum absolute atomic E-state index is 13.3. The summed E-state index contributed by atoms with van der Waals surface area (Å²) in [6.45, 7) is 2.05. The molecule has 0 aliphatic carbocycles. The smallest absolute Gasteiger partial charge is 0.139 e. The van der Waals surface area contributed by atoms with Crippen molar-refractivity contribution in [3.05, 3.63) is 58.9 Å². The van der Waals surface area contributed by atoms with Gasteiger partial charge < -0.3 is 10.1 Å². The molecule has 1 N–H and O–H groups in total. The molecule has 1 atom stereocenters. The van der Waals surface area contributed by atoms with Crippen LogP contribution in [0.5, 0.6) is 5.75 Å². The van der Waals surface area contributed by atoms with Crippen molar-refractivity contribution < 1.29 is 9.13 Å². The number of benzene rings is 2. The minimum atomic E-state index is -0.226. The molecule has 20 heavy (non-hydrogen) atoms. The van der Waals surface area contributed by atoms with Gasteiger partial charge in [-0.15, -0.1) is 0 Å². The third-order valence-corrected chi connectivity index (χ3v) is 3.46. The summed E-state index contributed by atoms with van der Waals surface area (Å²) in [5.41, 5.74) is 1.81. The summed E-state index contributed by atoms with van der Waals surface area (Å²) in [5.74, 6) is 0.391. The minimum absolute atomic E-state index is 0.0385. The van der Waals surface area contributed by atoms with Crippen molar-refractivity contribution in [2.45, 2.75) is 19.4 Å². The maximum atomic E-state index is 13.3. The fourth-order valence-corrected chi connectivity index (χ4v) is 2.29. The maximum Gasteiger partial charge on any atom is 0.139 e. The Kier molecular flexibility index (Phi) is 4.85. The summed E-state index contributed by atoms with van der Waals surface area (Å²) in [6, 6.07) is 12.2. The van der Waals surface area contributed by atoms with Gasteiger partial charge in [0.1, 0.15) is 11.6 Å². The molecule has 2 aromatic carbocycles. The predicted octanol–water partition coefficient (Wildman–Crippen LogP) is 5.05. The Morgan fingerprint density at radius 2 is 2.05 bits per heavy atom. The van der Waals surface area contributed by atoms with E-state index in [0.29, 0.717) is 10.8 Å². The second kappa shape index (κ2) is 6.62. The SMILES string of the molecule is CCC(Nc1ccc(Cl)c(OC)c1)c1cccc(F)c1. The first-order valence-corrected chi connectivity index (χ1v) is 6.87. The number of hydrogen-bond acceptors (Lipinski definition) is 2. The normalized spacial score (nSPS) is 12.0. The van der Waals surface area contributed by atoms with Crippen molar-refractivity contribution in [1.29, 1.82) is 0 Å². The van der Waals surface area contributed by atoms with Crippen LogP contribution in [0.2, 0.25) is 5.02 Å². The molecule has 0 aliphatic rings. The number of anilines is 1. The minimum Gasteiger partial charge on any atom is -0.495 e. The molecule has 0 aromatic heterocycles. The van der Waals surface area contributed by atoms with Crippen molar-refractivity contribution in [2.24, 2.45) is 0 Å². The van der Waals surface area contributed by atoms with Crippen LogP contribution >= 0.6 is 11.6 Å². The molecule has 2 rings (SSSR count). The first-order valence-electron chi connectivity index (χ1n) is 6.49. The van der Waals surface area contributed by atoms with Crippen molar-refractivity contribution >= 4 is 17.3 Å². The van der Waals surface area contributed by atoms with E-state index in [4.69, 9.17) is 16.3 Å². The van der Waals surface area contributed by atoms with E-state index in [1.807, 2.05) is 18.2 Å². The lowest BCUT2D eigenvalue weighted by Gasteiger charge is -2.19. The lowest BCUT2D eigenvalue weighted by Crippen LogP contribution is -2.10. The zero-order chi connectivity index (χ0) is 14.5. The van der Waals surface area contributed by atoms with Gasteiger partial charge in [-0.25, -0.2) is 4.39 Å². The number of methoxy groups -OCH3 is 1. The van der Waals surface area contributed by atoms with Crippen LogP contribution in [-0.4, -0.2) is 7.11 Å². The van der Waals surface area contributed by atoms with Crippen LogP contribution in [-0.2, 0) is 0 Å². The number of ether oxygens (including phenoxy) is 1. The van der Waals surface area contributed by atoms with Crippen molar-refractivity contribution in [1.82, 2.24) is 0 Å². The largest absolute Gasteiger partial charge is 0.495 e. The summed E-state index contributed by atoms with van der Waals surface area (Å²) in [6.07, 6.45) is 0.842. The van der Waals surface area contributed by atoms with Gasteiger partial charge in [-0.05, 0) is 36.2 Å². The van der Waals surface area contributed by atoms with Gasteiger partial charge in [-0.1, -0.05) is 30.7 Å². The van der Waals surface area contributed by atoms with E-state index in [-0.39, 0.29) is 11.9 Å². The van der Waals surface area contributed by atoms with E-state index in [2.05, 4.69) is 12.2 Å². The Balaban J connectivity index is 2.22. The predicted molar refractivity (Wildman–Crippen MR) is 81.1 cm³/mol. The van der Waals surface area contributed by atoms with Gasteiger partial charge in [0.2, 0.25) is 0 Å². The molecule has 0 saturated heterocycles. The van der Waals surface area contributed by atoms with Gasteiger partial charge in [0.25, 0.3) is 0 Å². The molecule has 0 fully saturated rings. The fraction of sp³-hybridized carbons (Fsp3) is 0.250. The average molecular weight is 294 g/mol. The zero-order valence-electron chi connectivity index (χ0n) is 11.5. The number of nitrogens with one attached hydrogen (secondary N) is 1. The first-order chi connectivity index (χ1) is 9.63. The van der Waals surface area contributed by atoms with Crippen LogP contribution < -0.4 is 10.1 Å². The van der Waals surface area contributed by atoms with E-state index >= 15 is 0 Å². The van der Waals surface area contributed by atoms with E-state index in [9.17, 15) is 4.39 Å². The molecule has 0 heterocycles. The van der Waals surface area contributed by atoms with Crippen LogP contribution in [0.3, 0.4) is 0 Å². The standard InChI is InChI=1S/C16H17ClFNO/c1-3-15(11-5-4-6-12(18)9-11)19-13-7-8-14(17)16(10-13)20-2/h4-10,15,19H,3H2,1-2H3. The molecule has 0 bridgehead atoms. The Morgan fingerprint density at radius 1 is 1.25 bits per heavy atom. The van der Waals surface area contributed by atoms with Crippen LogP contribution in [0.1, 0.15) is 24.9 Å². The Hall–Kier alpha value is -1.74. The highest BCUT2D eigenvalue weighted by Crippen LogP contribution is 2.30. The molecule has 106 valence electrons. The Morgan fingerprint density at radius 3 is 2.70 bits per heavy atom. The summed E-state index contributed by atoms with van der Waals surface area (Å²) in [5, 5.41) is 3.94. The van der Waals surface area contributed by atoms with E-state index < -0.39 is 0 Å². The monoisotopic (exact) mass is 293 g/mol. The third kappa shape index (κ3) is 3.42. The zero-order valence-corrected chi connectivity index (χ0v) is 12.2. The second-order valence-corrected chi connectivity index (χ2v) is 4.92. The quantitative estimate of drug-likeness (QED) is 0.833. The van der Waals surface area contributed by atoms with Crippen molar-refractivity contribution in [2.75, 3.05) is 12.4 Å². The van der Waals surface area contributed by atoms with Gasteiger partial charge in [-0.3, -0.25) is 0 Å². The highest BCUT2D eigenvalue weighted by atomic mass is 35.5. The van der Waals surface area contributed by atoms with Gasteiger partial charge >= 0.3 is 0 Å². The average Bonchev–Trinajstić information content (AvgIpc) is 2.46. The van der Waals surface area contributed by atoms with Gasteiger partial charge in [0, 0.05) is 11.8 Å². The molecule has 1 unspecified atom stereocenters. The lowest BCUT2D eigenvalue weighted by atomic mass is 10.0. The molecule has 0 spiro atoms. The van der Waals surface area contributed by atoms with E-state index in [1.54, 1.807) is 25.3 Å². The topological polar surface area (TPSA) is 21.3 Å². The van der Waals surface area contributed by atoms with Crippen molar-refractivity contribution in [3.63, 3.8) is 0 Å². The summed E-state index contributed by atoms with van der Waals surface area (Å²) < 4.78 is 18.5. The molecule has 0 saturated carbocycles. The fourth-order valence-electron chi connectivity index (χ4n) is 2.10. The van der Waals surface area contributed by atoms with Crippen molar-refractivity contribution in [3.8, 4) is 5.75 Å². The van der Waals surface area contributed by atoms with Gasteiger partial charge in [0.15, 0.2) is 0 Å². The van der Waals surface area contributed by atoms with Crippen LogP contribution in [0.25, 0.3) is 0 Å². The molecule has 0 aliphatic heterocycles. The first kappa shape index (κ1) is 14.7. The lowest BCUT2D eigenvalue weighted by molar-refractivity contribution is 0.415. The molecule has 4 heteroatoms. The molecule has 0 radical (unpaired) electrons. The molecular formula is C16H17ClFNO. The molecular weight excluding hydrogens is 277 g/mol. The molecule has 2 nitrogen and oxygen atoms in total. The highest BCUT2D eigenvalue weighted by molar-refractivity contribution is 6.32. The molecule has 0 amide bonds. The summed E-state index contributed by atoms with van der Waals surface area (Å²) in [7, 11) is 1.58. The number of halogens is 2. The van der Waals surface area contributed by atoms with E-state index in [1.165, 1.54) is 6.07 Å². The van der Waals surface area contributed by atoms with Crippen LogP contribution in [0, 0.1) is 5.82 Å². The van der Waals surface area contributed by atoms with Gasteiger partial charge in [0.05, 0.1) is 18.2 Å². The third-order valence-electron chi connectivity index (χ3n) is 3.15. The Bertz CT molecular complexity index is 588. The summed E-state index contributed by atoms with van der Waals surface area (Å²) in [4.78, 5) is 0. The molecule has 2 aromatic rings. The number of hydrogen-bond donors (Lipinski definition) is 1. The highest BCUT2D eigenvalue weighted by Gasteiger charge is 2.11. The van der Waals surface area contributed by atoms with E-state index in [0.717, 1.165) is 17.7 Å². The summed E-state index contributed by atoms with van der Waals surface area (Å²) >= 11 is 6.00. The second-order valence-electron chi connectivity index (χ2n) is 4.51. The van der Waals surface area contributed by atoms with Crippen LogP contribution in [0.15, 0.2) is 42.5 Å². The number of rotatable bonds is 5. The van der Waals surface area contributed by atoms with Crippen LogP contribution in [0.4, 0.5) is 10.1 Å².